The number of hydrogen-bond acceptors (Lipinski definition) is 4. The van der Waals surface area contributed by atoms with E-state index in [9.17, 15) is 0 Å². The monoisotopic (exact) mass is 290 g/mol. The maximum Gasteiger partial charge on any atom is 0.129 e. The molecule has 1 aliphatic rings. The number of nitrogens with one attached hydrogen (secondary N) is 1. The molecule has 0 spiro atoms. The zero-order chi connectivity index (χ0) is 15.2. The molecule has 1 N–H and O–H groups in total. The molecule has 2 heterocycles. The first-order valence-electron chi connectivity index (χ1n) is 8.26. The van der Waals surface area contributed by atoms with Crippen molar-refractivity contribution in [2.45, 2.75) is 45.7 Å². The first-order chi connectivity index (χ1) is 10.1. The van der Waals surface area contributed by atoms with Gasteiger partial charge in [-0.2, -0.15) is 0 Å². The Hall–Kier alpha value is -1.13. The molecule has 2 rings (SSSR count). The summed E-state index contributed by atoms with van der Waals surface area (Å²) >= 11 is 0. The van der Waals surface area contributed by atoms with Gasteiger partial charge in [-0.1, -0.05) is 6.92 Å². The van der Waals surface area contributed by atoms with Crippen molar-refractivity contribution in [3.05, 3.63) is 23.9 Å². The van der Waals surface area contributed by atoms with E-state index in [0.29, 0.717) is 12.1 Å². The minimum Gasteiger partial charge on any atom is -0.353 e. The van der Waals surface area contributed by atoms with Gasteiger partial charge in [-0.15, -0.1) is 0 Å². The molecule has 0 amide bonds. The summed E-state index contributed by atoms with van der Waals surface area (Å²) in [6.07, 6.45) is 4.32. The van der Waals surface area contributed by atoms with Crippen LogP contribution in [0.3, 0.4) is 0 Å². The molecule has 0 aromatic carbocycles. The zero-order valence-electron chi connectivity index (χ0n) is 14.0. The molecule has 1 saturated heterocycles. The Kier molecular flexibility index (Phi) is 6.00. The van der Waals surface area contributed by atoms with E-state index in [2.05, 4.69) is 60.1 Å². The van der Waals surface area contributed by atoms with Gasteiger partial charge in [-0.3, -0.25) is 0 Å². The van der Waals surface area contributed by atoms with Gasteiger partial charge in [0, 0.05) is 31.4 Å². The molecule has 2 unspecified atom stereocenters. The summed E-state index contributed by atoms with van der Waals surface area (Å²) < 4.78 is 0. The van der Waals surface area contributed by atoms with Gasteiger partial charge in [0.05, 0.1) is 0 Å². The molecule has 1 aromatic rings. The Morgan fingerprint density at radius 2 is 2.24 bits per heavy atom. The molecule has 0 radical (unpaired) electrons. The fraction of sp³-hybridized carbons (Fsp3) is 0.706. The second-order valence-corrected chi connectivity index (χ2v) is 6.28. The van der Waals surface area contributed by atoms with Crippen molar-refractivity contribution in [1.29, 1.82) is 0 Å². The average molecular weight is 290 g/mol. The molecule has 1 aliphatic heterocycles. The molecular weight excluding hydrogens is 260 g/mol. The molecule has 1 aromatic heterocycles. The summed E-state index contributed by atoms with van der Waals surface area (Å²) in [6, 6.07) is 5.29. The van der Waals surface area contributed by atoms with Crippen LogP contribution in [0.2, 0.25) is 0 Å². The van der Waals surface area contributed by atoms with Crippen LogP contribution in [-0.4, -0.2) is 49.2 Å². The molecule has 118 valence electrons. The van der Waals surface area contributed by atoms with Gasteiger partial charge in [0.2, 0.25) is 0 Å². The van der Waals surface area contributed by atoms with Crippen LogP contribution in [0.25, 0.3) is 0 Å². The van der Waals surface area contributed by atoms with E-state index >= 15 is 0 Å². The van der Waals surface area contributed by atoms with Crippen molar-refractivity contribution in [2.24, 2.45) is 0 Å². The molecular formula is C17H30N4. The third kappa shape index (κ3) is 4.42. The van der Waals surface area contributed by atoms with Crippen molar-refractivity contribution in [2.75, 3.05) is 38.1 Å². The van der Waals surface area contributed by atoms with Crippen LogP contribution in [0.4, 0.5) is 5.82 Å². The number of aromatic nitrogens is 1. The summed E-state index contributed by atoms with van der Waals surface area (Å²) in [7, 11) is 2.21. The lowest BCUT2D eigenvalue weighted by molar-refractivity contribution is 0.337. The van der Waals surface area contributed by atoms with Gasteiger partial charge < -0.3 is 15.1 Å². The van der Waals surface area contributed by atoms with E-state index in [0.717, 1.165) is 31.9 Å². The van der Waals surface area contributed by atoms with Crippen molar-refractivity contribution in [1.82, 2.24) is 15.2 Å². The third-order valence-corrected chi connectivity index (χ3v) is 4.31. The Labute approximate surface area is 129 Å². The predicted molar refractivity (Wildman–Crippen MR) is 89.9 cm³/mol. The number of hydrogen-bond donors (Lipinski definition) is 1. The van der Waals surface area contributed by atoms with E-state index in [1.165, 1.54) is 18.5 Å². The predicted octanol–water partition coefficient (Wildman–Crippen LogP) is 2.67. The second-order valence-electron chi connectivity index (χ2n) is 6.28. The fourth-order valence-electron chi connectivity index (χ4n) is 3.05. The van der Waals surface area contributed by atoms with E-state index in [4.69, 9.17) is 0 Å². The van der Waals surface area contributed by atoms with Crippen molar-refractivity contribution in [3.63, 3.8) is 0 Å². The van der Waals surface area contributed by atoms with Crippen molar-refractivity contribution < 1.29 is 0 Å². The Balaban J connectivity index is 2.12. The van der Waals surface area contributed by atoms with Gasteiger partial charge in [-0.05, 0) is 64.5 Å². The second kappa shape index (κ2) is 7.76. The van der Waals surface area contributed by atoms with E-state index in [1.54, 1.807) is 0 Å². The lowest BCUT2D eigenvalue weighted by atomic mass is 10.1. The number of rotatable bonds is 5. The highest BCUT2D eigenvalue weighted by atomic mass is 15.3. The summed E-state index contributed by atoms with van der Waals surface area (Å²) in [5, 5.41) is 3.55. The van der Waals surface area contributed by atoms with Gasteiger partial charge in [0.1, 0.15) is 5.82 Å². The van der Waals surface area contributed by atoms with E-state index < -0.39 is 0 Å². The van der Waals surface area contributed by atoms with Gasteiger partial charge in [-0.25, -0.2) is 4.98 Å². The van der Waals surface area contributed by atoms with Crippen LogP contribution in [0.1, 0.15) is 45.2 Å². The highest BCUT2D eigenvalue weighted by Crippen LogP contribution is 2.21. The summed E-state index contributed by atoms with van der Waals surface area (Å²) in [5.41, 5.74) is 1.33. The van der Waals surface area contributed by atoms with Crippen LogP contribution >= 0.6 is 0 Å². The molecule has 0 bridgehead atoms. The van der Waals surface area contributed by atoms with Crippen LogP contribution in [-0.2, 0) is 0 Å². The fourth-order valence-corrected chi connectivity index (χ4v) is 3.05. The van der Waals surface area contributed by atoms with Gasteiger partial charge in [0.15, 0.2) is 0 Å². The molecule has 0 saturated carbocycles. The molecule has 2 atom stereocenters. The maximum atomic E-state index is 4.62. The minimum absolute atomic E-state index is 0.386. The molecule has 4 heteroatoms. The molecule has 1 fully saturated rings. The standard InChI is InChI=1S/C17H30N4/c1-5-8-18-15(3)16-7-9-19-17(12-16)21-11-6-10-20(4)13-14(21)2/h7,9,12,14-15,18H,5-6,8,10-11,13H2,1-4H3. The molecule has 4 nitrogen and oxygen atoms in total. The van der Waals surface area contributed by atoms with Crippen LogP contribution in [0, 0.1) is 0 Å². The maximum absolute atomic E-state index is 4.62. The highest BCUT2D eigenvalue weighted by Gasteiger charge is 2.21. The smallest absolute Gasteiger partial charge is 0.129 e. The van der Waals surface area contributed by atoms with Gasteiger partial charge in [0.25, 0.3) is 0 Å². The van der Waals surface area contributed by atoms with E-state index in [1.807, 2.05) is 6.20 Å². The van der Waals surface area contributed by atoms with E-state index in [-0.39, 0.29) is 0 Å². The van der Waals surface area contributed by atoms with Gasteiger partial charge >= 0.3 is 0 Å². The SMILES string of the molecule is CCCNC(C)c1ccnc(N2CCCN(C)CC2C)c1. The normalized spacial score (nSPS) is 22.1. The number of nitrogens with zero attached hydrogens (tertiary/aromatic N) is 3. The number of likely N-dealkylation sites (N-methyl/N-ethyl adjacent to an activating group) is 1. The topological polar surface area (TPSA) is 31.4 Å². The number of anilines is 1. The Morgan fingerprint density at radius 1 is 1.43 bits per heavy atom. The summed E-state index contributed by atoms with van der Waals surface area (Å²) in [5.74, 6) is 1.13. The highest BCUT2D eigenvalue weighted by molar-refractivity contribution is 5.43. The lowest BCUT2D eigenvalue weighted by Gasteiger charge is -2.29. The first-order valence-corrected chi connectivity index (χ1v) is 8.26. The quantitative estimate of drug-likeness (QED) is 0.903. The van der Waals surface area contributed by atoms with Crippen LogP contribution < -0.4 is 10.2 Å². The average Bonchev–Trinajstić information content (AvgIpc) is 2.65. The largest absolute Gasteiger partial charge is 0.353 e. The summed E-state index contributed by atoms with van der Waals surface area (Å²) in [4.78, 5) is 9.50. The summed E-state index contributed by atoms with van der Waals surface area (Å²) in [6.45, 7) is 11.2. The lowest BCUT2D eigenvalue weighted by Crippen LogP contribution is -2.38. The molecule has 21 heavy (non-hydrogen) atoms. The number of pyridine rings is 1. The zero-order valence-corrected chi connectivity index (χ0v) is 14.0. The third-order valence-electron chi connectivity index (χ3n) is 4.31. The van der Waals surface area contributed by atoms with Crippen LogP contribution in [0.15, 0.2) is 18.3 Å². The van der Waals surface area contributed by atoms with Crippen molar-refractivity contribution in [3.8, 4) is 0 Å². The first kappa shape index (κ1) is 16.2. The Morgan fingerprint density at radius 3 is 3.00 bits per heavy atom. The minimum atomic E-state index is 0.386. The van der Waals surface area contributed by atoms with Crippen molar-refractivity contribution >= 4 is 5.82 Å². The molecule has 0 aliphatic carbocycles. The Bertz CT molecular complexity index is 435. The van der Waals surface area contributed by atoms with Crippen LogP contribution in [0.5, 0.6) is 0 Å².